The fourth-order valence-corrected chi connectivity index (χ4v) is 4.49. The zero-order valence-electron chi connectivity index (χ0n) is 18.7. The van der Waals surface area contributed by atoms with E-state index < -0.39 is 0 Å². The van der Waals surface area contributed by atoms with Crippen molar-refractivity contribution in [2.75, 3.05) is 33.4 Å². The van der Waals surface area contributed by atoms with Crippen LogP contribution in [0.3, 0.4) is 0 Å². The third-order valence-electron chi connectivity index (χ3n) is 6.36. The van der Waals surface area contributed by atoms with Crippen molar-refractivity contribution in [3.63, 3.8) is 0 Å². The average molecular weight is 435 g/mol. The number of ether oxygens (including phenoxy) is 1. The van der Waals surface area contributed by atoms with Gasteiger partial charge in [-0.05, 0) is 55.4 Å². The summed E-state index contributed by atoms with van der Waals surface area (Å²) in [7, 11) is 1.62. The highest BCUT2D eigenvalue weighted by molar-refractivity contribution is 6.35. The van der Waals surface area contributed by atoms with Crippen molar-refractivity contribution >= 4 is 17.4 Å². The molecule has 0 aromatic heterocycles. The largest absolute Gasteiger partial charge is 0.497 e. The molecule has 2 amide bonds. The maximum Gasteiger partial charge on any atom is 0.277 e. The number of nitrogens with zero attached hydrogens (tertiary/aromatic N) is 2. The molecule has 4 rings (SSSR count). The first-order valence-corrected chi connectivity index (χ1v) is 11.2. The van der Waals surface area contributed by atoms with Gasteiger partial charge in [0.25, 0.3) is 11.8 Å². The van der Waals surface area contributed by atoms with E-state index in [2.05, 4.69) is 0 Å². The van der Waals surface area contributed by atoms with Crippen LogP contribution in [0.25, 0.3) is 5.57 Å². The third kappa shape index (κ3) is 4.41. The SMILES string of the molecule is COc1ccc(CCN2C(=O)C(c3ccc(C)cc3)=C(N3CCCC(CO)C3)C2=O)cc1. The van der Waals surface area contributed by atoms with Crippen molar-refractivity contribution in [2.24, 2.45) is 5.92 Å². The molecule has 168 valence electrons. The maximum atomic E-state index is 13.5. The Morgan fingerprint density at radius 2 is 1.75 bits per heavy atom. The monoisotopic (exact) mass is 434 g/mol. The number of amides is 2. The van der Waals surface area contributed by atoms with Gasteiger partial charge in [0.05, 0.1) is 12.7 Å². The van der Waals surface area contributed by atoms with E-state index in [4.69, 9.17) is 4.74 Å². The molecule has 0 bridgehead atoms. The topological polar surface area (TPSA) is 70.1 Å². The van der Waals surface area contributed by atoms with Crippen LogP contribution >= 0.6 is 0 Å². The van der Waals surface area contributed by atoms with E-state index in [1.807, 2.05) is 60.4 Å². The smallest absolute Gasteiger partial charge is 0.277 e. The molecular weight excluding hydrogens is 404 g/mol. The van der Waals surface area contributed by atoms with Gasteiger partial charge in [-0.2, -0.15) is 0 Å². The first kappa shape index (κ1) is 22.1. The summed E-state index contributed by atoms with van der Waals surface area (Å²) in [5, 5.41) is 9.67. The second-order valence-electron chi connectivity index (χ2n) is 8.59. The Bertz CT molecular complexity index is 1010. The highest BCUT2D eigenvalue weighted by Crippen LogP contribution is 2.34. The van der Waals surface area contributed by atoms with Crippen molar-refractivity contribution in [3.05, 3.63) is 70.9 Å². The number of likely N-dealkylation sites (tertiary alicyclic amines) is 1. The predicted molar refractivity (Wildman–Crippen MR) is 123 cm³/mol. The first-order valence-electron chi connectivity index (χ1n) is 11.2. The number of methoxy groups -OCH3 is 1. The molecule has 2 aromatic rings. The fraction of sp³-hybridized carbons (Fsp3) is 0.385. The van der Waals surface area contributed by atoms with E-state index >= 15 is 0 Å². The molecule has 6 nitrogen and oxygen atoms in total. The van der Waals surface area contributed by atoms with Gasteiger partial charge in [-0.15, -0.1) is 0 Å². The van der Waals surface area contributed by atoms with E-state index in [0.717, 1.165) is 35.3 Å². The Kier molecular flexibility index (Phi) is 6.61. The molecule has 2 heterocycles. The minimum absolute atomic E-state index is 0.0902. The lowest BCUT2D eigenvalue weighted by Gasteiger charge is -2.34. The number of benzene rings is 2. The number of carbonyl (C=O) groups is 2. The lowest BCUT2D eigenvalue weighted by molar-refractivity contribution is -0.137. The number of aliphatic hydroxyl groups is 1. The molecule has 1 unspecified atom stereocenters. The number of hydrogen-bond acceptors (Lipinski definition) is 5. The van der Waals surface area contributed by atoms with Gasteiger partial charge in [-0.1, -0.05) is 42.0 Å². The molecule has 2 aliphatic rings. The number of piperidine rings is 1. The summed E-state index contributed by atoms with van der Waals surface area (Å²) in [4.78, 5) is 30.4. The van der Waals surface area contributed by atoms with Crippen LogP contribution in [-0.4, -0.2) is 60.1 Å². The second-order valence-corrected chi connectivity index (χ2v) is 8.59. The highest BCUT2D eigenvalue weighted by atomic mass is 16.5. The number of imide groups is 1. The molecule has 32 heavy (non-hydrogen) atoms. The van der Waals surface area contributed by atoms with Crippen molar-refractivity contribution in [3.8, 4) is 5.75 Å². The summed E-state index contributed by atoms with van der Waals surface area (Å²) < 4.78 is 5.20. The van der Waals surface area contributed by atoms with Gasteiger partial charge in [-0.3, -0.25) is 14.5 Å². The zero-order chi connectivity index (χ0) is 22.7. The van der Waals surface area contributed by atoms with Crippen molar-refractivity contribution in [1.82, 2.24) is 9.80 Å². The van der Waals surface area contributed by atoms with Gasteiger partial charge in [0.15, 0.2) is 0 Å². The molecule has 6 heteroatoms. The van der Waals surface area contributed by atoms with E-state index in [1.165, 1.54) is 4.90 Å². The summed E-state index contributed by atoms with van der Waals surface area (Å²) in [6, 6.07) is 15.4. The Labute approximate surface area is 189 Å². The van der Waals surface area contributed by atoms with Crippen LogP contribution in [0.2, 0.25) is 0 Å². The second kappa shape index (κ2) is 9.57. The minimum Gasteiger partial charge on any atom is -0.497 e. The van der Waals surface area contributed by atoms with Gasteiger partial charge in [0.2, 0.25) is 0 Å². The van der Waals surface area contributed by atoms with E-state index in [0.29, 0.717) is 37.3 Å². The summed E-state index contributed by atoms with van der Waals surface area (Å²) in [5.41, 5.74) is 3.86. The fourth-order valence-electron chi connectivity index (χ4n) is 4.49. The Morgan fingerprint density at radius 3 is 2.41 bits per heavy atom. The summed E-state index contributed by atoms with van der Waals surface area (Å²) in [5.74, 6) is 0.411. The lowest BCUT2D eigenvalue weighted by Crippen LogP contribution is -2.41. The van der Waals surface area contributed by atoms with Crippen LogP contribution in [0.1, 0.15) is 29.5 Å². The number of carbonyl (C=O) groups excluding carboxylic acids is 2. The number of hydrogen-bond donors (Lipinski definition) is 1. The molecule has 1 atom stereocenters. The normalized spacial score (nSPS) is 19.2. The predicted octanol–water partition coefficient (Wildman–Crippen LogP) is 3.03. The highest BCUT2D eigenvalue weighted by Gasteiger charge is 2.42. The van der Waals surface area contributed by atoms with Gasteiger partial charge < -0.3 is 14.7 Å². The molecule has 0 spiro atoms. The third-order valence-corrected chi connectivity index (χ3v) is 6.36. The molecule has 0 radical (unpaired) electrons. The van der Waals surface area contributed by atoms with Crippen LogP contribution in [0.4, 0.5) is 0 Å². The van der Waals surface area contributed by atoms with Gasteiger partial charge in [0.1, 0.15) is 11.4 Å². The summed E-state index contributed by atoms with van der Waals surface area (Å²) in [6.07, 6.45) is 2.40. The van der Waals surface area contributed by atoms with Crippen LogP contribution in [0.5, 0.6) is 5.75 Å². The minimum atomic E-state index is -0.242. The number of aryl methyl sites for hydroxylation is 1. The summed E-state index contributed by atoms with van der Waals surface area (Å²) >= 11 is 0. The van der Waals surface area contributed by atoms with Gasteiger partial charge in [0, 0.05) is 26.2 Å². The first-order chi connectivity index (χ1) is 15.5. The van der Waals surface area contributed by atoms with Crippen molar-refractivity contribution in [1.29, 1.82) is 0 Å². The molecule has 2 aromatic carbocycles. The molecule has 2 aliphatic heterocycles. The average Bonchev–Trinajstić information content (AvgIpc) is 3.08. The summed E-state index contributed by atoms with van der Waals surface area (Å²) in [6.45, 7) is 3.71. The van der Waals surface area contributed by atoms with Crippen molar-refractivity contribution in [2.45, 2.75) is 26.2 Å². The molecule has 1 fully saturated rings. The van der Waals surface area contributed by atoms with E-state index in [-0.39, 0.29) is 24.3 Å². The Morgan fingerprint density at radius 1 is 1.03 bits per heavy atom. The molecule has 1 N–H and O–H groups in total. The van der Waals surface area contributed by atoms with Gasteiger partial charge in [-0.25, -0.2) is 0 Å². The van der Waals surface area contributed by atoms with Crippen LogP contribution in [0.15, 0.2) is 54.2 Å². The maximum absolute atomic E-state index is 13.5. The lowest BCUT2D eigenvalue weighted by atomic mass is 9.96. The van der Waals surface area contributed by atoms with Gasteiger partial charge >= 0.3 is 0 Å². The molecular formula is C26H30N2O4. The quantitative estimate of drug-likeness (QED) is 0.679. The Balaban J connectivity index is 1.62. The number of rotatable bonds is 7. The molecule has 1 saturated heterocycles. The molecule has 0 aliphatic carbocycles. The number of aliphatic hydroxyl groups excluding tert-OH is 1. The van der Waals surface area contributed by atoms with Crippen LogP contribution in [0, 0.1) is 12.8 Å². The zero-order valence-corrected chi connectivity index (χ0v) is 18.7. The Hall–Kier alpha value is -3.12. The standard InChI is InChI=1S/C26H30N2O4/c1-18-5-9-21(10-6-18)23-24(27-14-3-4-20(16-27)17-29)26(31)28(25(23)30)15-13-19-7-11-22(32-2)12-8-19/h5-12,20,29H,3-4,13-17H2,1-2H3. The van der Waals surface area contributed by atoms with E-state index in [9.17, 15) is 14.7 Å². The van der Waals surface area contributed by atoms with E-state index in [1.54, 1.807) is 7.11 Å². The molecule has 0 saturated carbocycles. The van der Waals surface area contributed by atoms with Crippen molar-refractivity contribution < 1.29 is 19.4 Å². The van der Waals surface area contributed by atoms with Crippen LogP contribution < -0.4 is 4.74 Å². The van der Waals surface area contributed by atoms with Crippen LogP contribution in [-0.2, 0) is 16.0 Å².